The van der Waals surface area contributed by atoms with Crippen molar-refractivity contribution in [3.63, 3.8) is 0 Å². The van der Waals surface area contributed by atoms with Gasteiger partial charge in [-0.05, 0) is 129 Å². The maximum Gasteiger partial charge on any atom is 0.384 e. The van der Waals surface area contributed by atoms with E-state index in [2.05, 4.69) is 46.5 Å². The predicted octanol–water partition coefficient (Wildman–Crippen LogP) is 8.04. The second-order valence-corrected chi connectivity index (χ2v) is 14.6. The van der Waals surface area contributed by atoms with E-state index in [0.29, 0.717) is 29.8 Å². The zero-order chi connectivity index (χ0) is 26.8. The van der Waals surface area contributed by atoms with Crippen LogP contribution in [0.5, 0.6) is 0 Å². The van der Waals surface area contributed by atoms with Crippen LogP contribution in [0.3, 0.4) is 0 Å². The van der Waals surface area contributed by atoms with Gasteiger partial charge in [0.25, 0.3) is 0 Å². The van der Waals surface area contributed by atoms with E-state index in [1.165, 1.54) is 77.0 Å². The summed E-state index contributed by atoms with van der Waals surface area (Å²) >= 11 is 0. The molecule has 4 rings (SSSR count). The second-order valence-electron chi connectivity index (χ2n) is 14.6. The van der Waals surface area contributed by atoms with Gasteiger partial charge in [0.1, 0.15) is 6.10 Å². The highest BCUT2D eigenvalue weighted by atomic mass is 16.5. The first kappa shape index (κ1) is 29.0. The average Bonchev–Trinajstić information content (AvgIpc) is 3.20. The van der Waals surface area contributed by atoms with Crippen LogP contribution in [0.1, 0.15) is 125 Å². The Hall–Kier alpha value is -1.01. The maximum atomic E-state index is 11.5. The third-order valence-corrected chi connectivity index (χ3v) is 12.1. The fourth-order valence-electron chi connectivity index (χ4n) is 10.3. The van der Waals surface area contributed by atoms with Crippen LogP contribution in [-0.2, 0) is 9.53 Å². The summed E-state index contributed by atoms with van der Waals surface area (Å²) in [6.45, 7) is 14.8. The third-order valence-electron chi connectivity index (χ3n) is 12.1. The Kier molecular flexibility index (Phi) is 9.42. The molecule has 210 valence electrons. The number of carbonyl (C=O) groups excluding carboxylic acids is 1. The molecule has 4 aliphatic rings. The number of hydrogen-bond acceptors (Lipinski definition) is 3. The molecular weight excluding hydrogens is 456 g/mol. The summed E-state index contributed by atoms with van der Waals surface area (Å²) in [5.41, 5.74) is 1.05. The van der Waals surface area contributed by atoms with Gasteiger partial charge in [0.15, 0.2) is 0 Å². The van der Waals surface area contributed by atoms with Gasteiger partial charge in [-0.2, -0.15) is 0 Å². The monoisotopic (exact) mass is 512 g/mol. The molecule has 0 aromatic rings. The molecule has 3 heteroatoms. The zero-order valence-corrected chi connectivity index (χ0v) is 24.9. The van der Waals surface area contributed by atoms with Crippen LogP contribution >= 0.6 is 0 Å². The molecule has 4 fully saturated rings. The number of esters is 1. The maximum absolute atomic E-state index is 11.5. The standard InChI is InChI=1S/C34H56O3/c1-7-37-32(36)16-12-27(35)22-25-17-19-33(5)26(21-25)11-13-28-30-15-14-29(24(4)10-8-9-23(2)3)34(30,6)20-18-31(28)33/h23-31,35H,7-11,13-15,17-22H2,1-6H3/t24-,25+,26+,27+,28+,29-,30+,31+,33+,34-/m1/s1. The van der Waals surface area contributed by atoms with E-state index < -0.39 is 12.1 Å². The van der Waals surface area contributed by atoms with Crippen molar-refractivity contribution in [2.24, 2.45) is 58.2 Å². The van der Waals surface area contributed by atoms with Crippen LogP contribution in [0.4, 0.5) is 0 Å². The molecule has 1 N–H and O–H groups in total. The van der Waals surface area contributed by atoms with Crippen LogP contribution < -0.4 is 0 Å². The van der Waals surface area contributed by atoms with Crippen molar-refractivity contribution < 1.29 is 14.6 Å². The number of rotatable bonds is 8. The minimum absolute atomic E-state index is 0.326. The number of carbonyl (C=O) groups is 1. The van der Waals surface area contributed by atoms with Crippen LogP contribution in [-0.4, -0.2) is 23.8 Å². The topological polar surface area (TPSA) is 46.5 Å². The van der Waals surface area contributed by atoms with Crippen LogP contribution in [0.2, 0.25) is 0 Å². The van der Waals surface area contributed by atoms with Gasteiger partial charge in [-0.3, -0.25) is 0 Å². The van der Waals surface area contributed by atoms with Gasteiger partial charge in [-0.15, -0.1) is 0 Å². The normalized spacial score (nSPS) is 40.5. The molecule has 0 heterocycles. The van der Waals surface area contributed by atoms with Crippen molar-refractivity contribution in [1.82, 2.24) is 0 Å². The smallest absolute Gasteiger partial charge is 0.384 e. The third kappa shape index (κ3) is 6.10. The molecule has 0 bridgehead atoms. The summed E-state index contributed by atoms with van der Waals surface area (Å²) in [4.78, 5) is 11.5. The van der Waals surface area contributed by atoms with Gasteiger partial charge in [-0.25, -0.2) is 4.79 Å². The molecule has 0 amide bonds. The Morgan fingerprint density at radius 1 is 0.973 bits per heavy atom. The van der Waals surface area contributed by atoms with Crippen molar-refractivity contribution >= 4 is 5.97 Å². The fraction of sp³-hybridized carbons (Fsp3) is 0.912. The van der Waals surface area contributed by atoms with Crippen LogP contribution in [0.15, 0.2) is 0 Å². The van der Waals surface area contributed by atoms with E-state index in [4.69, 9.17) is 4.74 Å². The summed E-state index contributed by atoms with van der Waals surface area (Å²) in [5, 5.41) is 10.5. The molecule has 10 atom stereocenters. The molecule has 4 saturated carbocycles. The Balaban J connectivity index is 1.36. The molecule has 0 unspecified atom stereocenters. The van der Waals surface area contributed by atoms with Crippen molar-refractivity contribution in [1.29, 1.82) is 0 Å². The Morgan fingerprint density at radius 2 is 1.70 bits per heavy atom. The number of aliphatic hydroxyl groups is 1. The van der Waals surface area contributed by atoms with Gasteiger partial charge in [0.2, 0.25) is 0 Å². The molecule has 3 nitrogen and oxygen atoms in total. The van der Waals surface area contributed by atoms with Crippen LogP contribution in [0.25, 0.3) is 0 Å². The predicted molar refractivity (Wildman–Crippen MR) is 152 cm³/mol. The summed E-state index contributed by atoms with van der Waals surface area (Å²) < 4.78 is 4.87. The van der Waals surface area contributed by atoms with Crippen molar-refractivity contribution in [3.05, 3.63) is 0 Å². The van der Waals surface area contributed by atoms with E-state index in [0.717, 1.165) is 41.4 Å². The first-order valence-corrected chi connectivity index (χ1v) is 15.9. The van der Waals surface area contributed by atoms with E-state index in [9.17, 15) is 9.90 Å². The lowest BCUT2D eigenvalue weighted by Crippen LogP contribution is -2.53. The summed E-state index contributed by atoms with van der Waals surface area (Å²) in [5.74, 6) is 11.4. The first-order valence-electron chi connectivity index (χ1n) is 15.9. The van der Waals surface area contributed by atoms with Crippen molar-refractivity contribution in [2.45, 2.75) is 131 Å². The molecule has 0 aromatic heterocycles. The molecule has 37 heavy (non-hydrogen) atoms. The largest absolute Gasteiger partial charge is 0.456 e. The fourth-order valence-corrected chi connectivity index (χ4v) is 10.3. The highest BCUT2D eigenvalue weighted by Gasteiger charge is 2.60. The Labute approximate surface area is 228 Å². The molecule has 0 aromatic carbocycles. The quantitative estimate of drug-likeness (QED) is 0.203. The summed E-state index contributed by atoms with van der Waals surface area (Å²) in [6, 6.07) is 0. The molecule has 0 radical (unpaired) electrons. The van der Waals surface area contributed by atoms with E-state index in [1.54, 1.807) is 6.92 Å². The molecule has 4 aliphatic carbocycles. The van der Waals surface area contributed by atoms with Gasteiger partial charge >= 0.3 is 5.97 Å². The lowest BCUT2D eigenvalue weighted by Gasteiger charge is -2.61. The average molecular weight is 513 g/mol. The number of aliphatic hydroxyl groups excluding tert-OH is 1. The van der Waals surface area contributed by atoms with Gasteiger partial charge in [0.05, 0.1) is 6.61 Å². The SMILES string of the molecule is CCOC(=O)C#C[C@H](O)C[C@H]1CC[C@@]2(C)[C@@H](CC[C@@H]3[C@@H]2CC[C@]2(C)[C@@H]([C@H](C)CCCC(C)C)CC[C@@H]32)C1. The number of hydrogen-bond donors (Lipinski definition) is 1. The van der Waals surface area contributed by atoms with E-state index >= 15 is 0 Å². The van der Waals surface area contributed by atoms with Gasteiger partial charge in [0, 0.05) is 5.92 Å². The second kappa shape index (κ2) is 12.0. The van der Waals surface area contributed by atoms with Gasteiger partial charge < -0.3 is 9.84 Å². The Morgan fingerprint density at radius 3 is 2.43 bits per heavy atom. The highest BCUT2D eigenvalue weighted by molar-refractivity contribution is 5.88. The lowest BCUT2D eigenvalue weighted by molar-refractivity contribution is -0.136. The number of ether oxygens (including phenoxy) is 1. The van der Waals surface area contributed by atoms with Crippen LogP contribution in [0, 0.1) is 70.0 Å². The molecule has 0 spiro atoms. The molecular formula is C34H56O3. The highest BCUT2D eigenvalue weighted by Crippen LogP contribution is 2.68. The van der Waals surface area contributed by atoms with Crippen molar-refractivity contribution in [2.75, 3.05) is 6.61 Å². The van der Waals surface area contributed by atoms with Crippen molar-refractivity contribution in [3.8, 4) is 11.8 Å². The van der Waals surface area contributed by atoms with E-state index in [1.807, 2.05) is 0 Å². The minimum atomic E-state index is -0.719. The minimum Gasteiger partial charge on any atom is -0.456 e. The first-order chi connectivity index (χ1) is 17.6. The summed E-state index contributed by atoms with van der Waals surface area (Å²) in [7, 11) is 0. The molecule has 0 aliphatic heterocycles. The molecule has 0 saturated heterocycles. The zero-order valence-electron chi connectivity index (χ0n) is 24.9. The summed E-state index contributed by atoms with van der Waals surface area (Å²) in [6.07, 6.45) is 16.6. The van der Waals surface area contributed by atoms with E-state index in [-0.39, 0.29) is 0 Å². The lowest BCUT2D eigenvalue weighted by atomic mass is 9.44. The van der Waals surface area contributed by atoms with Gasteiger partial charge in [-0.1, -0.05) is 59.8 Å². The number of fused-ring (bicyclic) bond motifs is 5. The Bertz CT molecular complexity index is 838.